The fourth-order valence-corrected chi connectivity index (χ4v) is 3.85. The van der Waals surface area contributed by atoms with Crippen LogP contribution in [0.1, 0.15) is 6.92 Å². The molecule has 3 amide bonds. The molecule has 3 aromatic rings. The predicted molar refractivity (Wildman–Crippen MR) is 114 cm³/mol. The first-order valence-corrected chi connectivity index (χ1v) is 10.2. The number of carbonyl (C=O) groups is 2. The number of para-hydroxylation sites is 1. The van der Waals surface area contributed by atoms with Crippen molar-refractivity contribution in [3.05, 3.63) is 48.5 Å². The summed E-state index contributed by atoms with van der Waals surface area (Å²) < 4.78 is 8.38. The van der Waals surface area contributed by atoms with Gasteiger partial charge < -0.3 is 20.4 Å². The molecule has 4 rings (SSSR count). The van der Waals surface area contributed by atoms with Crippen LogP contribution in [0, 0.1) is 0 Å². The van der Waals surface area contributed by atoms with Crippen LogP contribution in [0.5, 0.6) is 0 Å². The molecule has 9 heteroatoms. The highest BCUT2D eigenvalue weighted by molar-refractivity contribution is 7.00. The summed E-state index contributed by atoms with van der Waals surface area (Å²) in [4.78, 5) is 29.1. The summed E-state index contributed by atoms with van der Waals surface area (Å²) >= 11 is 1.10. The molecule has 1 fully saturated rings. The Morgan fingerprint density at radius 1 is 1.00 bits per heavy atom. The maximum atomic E-state index is 12.6. The molecule has 1 atom stereocenters. The minimum atomic E-state index is -0.670. The molecule has 2 aromatic carbocycles. The van der Waals surface area contributed by atoms with Crippen LogP contribution in [0.4, 0.5) is 16.2 Å². The monoisotopic (exact) mass is 410 g/mol. The standard InChI is InChI=1S/C20H22N6O2S/c1-14(19(27)22-16-8-5-9-17-18(16)24-29-23-17)21-20(28)26-12-10-25(11-13-26)15-6-3-2-4-7-15/h2-9,14H,10-13H2,1H3,(H,21,28)(H,22,27). The van der Waals surface area contributed by atoms with Gasteiger partial charge in [-0.15, -0.1) is 0 Å². The Balaban J connectivity index is 1.30. The van der Waals surface area contributed by atoms with Gasteiger partial charge in [-0.25, -0.2) is 4.79 Å². The molecule has 0 radical (unpaired) electrons. The number of nitrogens with one attached hydrogen (secondary N) is 2. The third kappa shape index (κ3) is 4.29. The van der Waals surface area contributed by atoms with Gasteiger partial charge in [0.15, 0.2) is 0 Å². The zero-order chi connectivity index (χ0) is 20.2. The third-order valence-electron chi connectivity index (χ3n) is 4.97. The Kier molecular flexibility index (Phi) is 5.57. The summed E-state index contributed by atoms with van der Waals surface area (Å²) in [6, 6.07) is 14.7. The van der Waals surface area contributed by atoms with Crippen molar-refractivity contribution in [1.29, 1.82) is 0 Å². The summed E-state index contributed by atoms with van der Waals surface area (Å²) in [5.74, 6) is -0.290. The lowest BCUT2D eigenvalue weighted by atomic mass is 10.2. The van der Waals surface area contributed by atoms with Crippen molar-refractivity contribution in [3.63, 3.8) is 0 Å². The van der Waals surface area contributed by atoms with Gasteiger partial charge in [-0.1, -0.05) is 24.3 Å². The predicted octanol–water partition coefficient (Wildman–Crippen LogP) is 2.55. The molecule has 0 aliphatic carbocycles. The summed E-state index contributed by atoms with van der Waals surface area (Å²) in [6.07, 6.45) is 0. The number of rotatable bonds is 4. The number of hydrogen-bond acceptors (Lipinski definition) is 6. The molecule has 29 heavy (non-hydrogen) atoms. The zero-order valence-corrected chi connectivity index (χ0v) is 16.9. The second kappa shape index (κ2) is 8.44. The van der Waals surface area contributed by atoms with E-state index in [-0.39, 0.29) is 11.9 Å². The minimum Gasteiger partial charge on any atom is -0.368 e. The SMILES string of the molecule is CC(NC(=O)N1CCN(c2ccccc2)CC1)C(=O)Nc1cccc2nsnc12. The smallest absolute Gasteiger partial charge is 0.318 e. The highest BCUT2D eigenvalue weighted by Crippen LogP contribution is 2.21. The van der Waals surface area contributed by atoms with E-state index >= 15 is 0 Å². The van der Waals surface area contributed by atoms with Gasteiger partial charge in [0.05, 0.1) is 17.4 Å². The maximum Gasteiger partial charge on any atom is 0.318 e. The molecule has 1 saturated heterocycles. The highest BCUT2D eigenvalue weighted by atomic mass is 32.1. The number of nitrogens with zero attached hydrogens (tertiary/aromatic N) is 4. The lowest BCUT2D eigenvalue weighted by Crippen LogP contribution is -2.54. The van der Waals surface area contributed by atoms with E-state index in [4.69, 9.17) is 0 Å². The minimum absolute atomic E-state index is 0.228. The number of aromatic nitrogens is 2. The van der Waals surface area contributed by atoms with Gasteiger partial charge in [0.25, 0.3) is 0 Å². The quantitative estimate of drug-likeness (QED) is 0.690. The first-order valence-electron chi connectivity index (χ1n) is 9.49. The summed E-state index contributed by atoms with van der Waals surface area (Å²) in [5, 5.41) is 5.62. The topological polar surface area (TPSA) is 90.5 Å². The number of urea groups is 1. The van der Waals surface area contributed by atoms with E-state index in [1.54, 1.807) is 17.9 Å². The molecule has 2 N–H and O–H groups in total. The van der Waals surface area contributed by atoms with Crippen molar-refractivity contribution < 1.29 is 9.59 Å². The van der Waals surface area contributed by atoms with Gasteiger partial charge in [-0.05, 0) is 31.2 Å². The largest absolute Gasteiger partial charge is 0.368 e. The van der Waals surface area contributed by atoms with Gasteiger partial charge in [-0.2, -0.15) is 8.75 Å². The normalized spacial score (nSPS) is 15.2. The summed E-state index contributed by atoms with van der Waals surface area (Å²) in [7, 11) is 0. The van der Waals surface area contributed by atoms with Crippen LogP contribution in [-0.2, 0) is 4.79 Å². The van der Waals surface area contributed by atoms with E-state index in [0.29, 0.717) is 24.3 Å². The fourth-order valence-electron chi connectivity index (χ4n) is 3.30. The lowest BCUT2D eigenvalue weighted by Gasteiger charge is -2.36. The molecule has 1 aliphatic heterocycles. The molecule has 0 spiro atoms. The fraction of sp³-hybridized carbons (Fsp3) is 0.300. The molecule has 0 saturated carbocycles. The van der Waals surface area contributed by atoms with Gasteiger partial charge in [0.2, 0.25) is 5.91 Å². The second-order valence-corrected chi connectivity index (χ2v) is 7.44. The summed E-state index contributed by atoms with van der Waals surface area (Å²) in [6.45, 7) is 4.41. The number of piperazine rings is 1. The van der Waals surface area contributed by atoms with Crippen LogP contribution < -0.4 is 15.5 Å². The Hall–Kier alpha value is -3.20. The molecule has 8 nitrogen and oxygen atoms in total. The van der Waals surface area contributed by atoms with Gasteiger partial charge in [0, 0.05) is 31.9 Å². The second-order valence-electron chi connectivity index (χ2n) is 6.91. The number of carbonyl (C=O) groups excluding carboxylic acids is 2. The molecule has 2 heterocycles. The Labute approximate surface area is 172 Å². The number of hydrogen-bond donors (Lipinski definition) is 2. The molecule has 150 valence electrons. The van der Waals surface area contributed by atoms with Gasteiger partial charge in [0.1, 0.15) is 17.1 Å². The number of fused-ring (bicyclic) bond motifs is 1. The van der Waals surface area contributed by atoms with E-state index < -0.39 is 6.04 Å². The van der Waals surface area contributed by atoms with E-state index in [1.807, 2.05) is 30.3 Å². The van der Waals surface area contributed by atoms with Crippen LogP contribution in [0.3, 0.4) is 0 Å². The van der Waals surface area contributed by atoms with Crippen molar-refractivity contribution in [2.75, 3.05) is 36.4 Å². The molecule has 1 unspecified atom stereocenters. The van der Waals surface area contributed by atoms with Crippen molar-refractivity contribution in [1.82, 2.24) is 19.0 Å². The van der Waals surface area contributed by atoms with E-state index in [1.165, 1.54) is 0 Å². The number of anilines is 2. The van der Waals surface area contributed by atoms with Crippen molar-refractivity contribution >= 4 is 46.1 Å². The van der Waals surface area contributed by atoms with Gasteiger partial charge >= 0.3 is 6.03 Å². The van der Waals surface area contributed by atoms with E-state index in [0.717, 1.165) is 36.0 Å². The molecule has 1 aliphatic rings. The number of benzene rings is 2. The van der Waals surface area contributed by atoms with Crippen LogP contribution in [-0.4, -0.2) is 57.8 Å². The van der Waals surface area contributed by atoms with Crippen molar-refractivity contribution in [2.24, 2.45) is 0 Å². The van der Waals surface area contributed by atoms with E-state index in [2.05, 4.69) is 36.4 Å². The van der Waals surface area contributed by atoms with Crippen LogP contribution in [0.25, 0.3) is 11.0 Å². The van der Waals surface area contributed by atoms with Gasteiger partial charge in [-0.3, -0.25) is 4.79 Å². The third-order valence-corrected chi connectivity index (χ3v) is 5.51. The van der Waals surface area contributed by atoms with Crippen LogP contribution >= 0.6 is 11.7 Å². The Morgan fingerprint density at radius 2 is 1.76 bits per heavy atom. The maximum absolute atomic E-state index is 12.6. The molecular weight excluding hydrogens is 388 g/mol. The average molecular weight is 411 g/mol. The zero-order valence-electron chi connectivity index (χ0n) is 16.0. The first kappa shape index (κ1) is 19.1. The first-order chi connectivity index (χ1) is 14.1. The Bertz CT molecular complexity index is 1000. The molecular formula is C20H22N6O2S. The number of amides is 3. The molecule has 0 bridgehead atoms. The van der Waals surface area contributed by atoms with Crippen molar-refractivity contribution in [2.45, 2.75) is 13.0 Å². The Morgan fingerprint density at radius 3 is 2.52 bits per heavy atom. The highest BCUT2D eigenvalue weighted by Gasteiger charge is 2.24. The molecule has 1 aromatic heterocycles. The van der Waals surface area contributed by atoms with Crippen molar-refractivity contribution in [3.8, 4) is 0 Å². The lowest BCUT2D eigenvalue weighted by molar-refractivity contribution is -0.117. The summed E-state index contributed by atoms with van der Waals surface area (Å²) in [5.41, 5.74) is 3.15. The average Bonchev–Trinajstić information content (AvgIpc) is 3.24. The van der Waals surface area contributed by atoms with Crippen LogP contribution in [0.15, 0.2) is 48.5 Å². The van der Waals surface area contributed by atoms with E-state index in [9.17, 15) is 9.59 Å². The van der Waals surface area contributed by atoms with Crippen LogP contribution in [0.2, 0.25) is 0 Å².